The number of nitrogens with zero attached hydrogens (tertiary/aromatic N) is 2. The molecule has 0 aliphatic rings. The average molecular weight is 339 g/mol. The Hall–Kier alpha value is -1.89. The quantitative estimate of drug-likeness (QED) is 0.715. The minimum absolute atomic E-state index is 0.372. The number of fused-ring (bicyclic) bond motifs is 1. The summed E-state index contributed by atoms with van der Waals surface area (Å²) in [7, 11) is 0. The van der Waals surface area contributed by atoms with Gasteiger partial charge in [0, 0.05) is 10.7 Å². The predicted octanol–water partition coefficient (Wildman–Crippen LogP) is 4.64. The molecule has 0 bridgehead atoms. The Morgan fingerprint density at radius 2 is 1.95 bits per heavy atom. The summed E-state index contributed by atoms with van der Waals surface area (Å²) in [6, 6.07) is 9.83. The van der Waals surface area contributed by atoms with Crippen molar-refractivity contribution in [3.05, 3.63) is 46.4 Å². The van der Waals surface area contributed by atoms with Crippen molar-refractivity contribution in [2.75, 3.05) is 10.6 Å². The van der Waals surface area contributed by atoms with Crippen LogP contribution in [0.3, 0.4) is 0 Å². The van der Waals surface area contributed by atoms with Gasteiger partial charge in [-0.15, -0.1) is 5.10 Å². The molecule has 21 heavy (non-hydrogen) atoms. The highest BCUT2D eigenvalue weighted by Gasteiger charge is 2.07. The second-order valence-corrected chi connectivity index (χ2v) is 5.79. The zero-order valence-corrected chi connectivity index (χ0v) is 12.8. The van der Waals surface area contributed by atoms with Crippen molar-refractivity contribution >= 4 is 62.4 Å². The minimum atomic E-state index is -0.401. The van der Waals surface area contributed by atoms with E-state index >= 15 is 0 Å². The number of nitrogens with one attached hydrogen (secondary N) is 2. The number of benzene rings is 2. The maximum atomic E-state index is 11.9. The van der Waals surface area contributed by atoms with Crippen LogP contribution in [0.2, 0.25) is 10.0 Å². The van der Waals surface area contributed by atoms with E-state index in [4.69, 9.17) is 23.2 Å². The summed E-state index contributed by atoms with van der Waals surface area (Å²) < 4.78 is 4.80. The lowest BCUT2D eigenvalue weighted by molar-refractivity contribution is 0.262. The van der Waals surface area contributed by atoms with Crippen LogP contribution in [0.1, 0.15) is 0 Å². The van der Waals surface area contributed by atoms with Crippen LogP contribution in [0, 0.1) is 0 Å². The number of halogens is 2. The molecule has 3 aromatic rings. The molecule has 0 fully saturated rings. The second kappa shape index (κ2) is 5.85. The summed E-state index contributed by atoms with van der Waals surface area (Å²) >= 11 is 13.1. The molecule has 0 radical (unpaired) electrons. The largest absolute Gasteiger partial charge is 0.323 e. The van der Waals surface area contributed by atoms with Gasteiger partial charge < -0.3 is 10.6 Å². The molecule has 0 unspecified atom stereocenters. The molecule has 1 aromatic heterocycles. The van der Waals surface area contributed by atoms with Crippen molar-refractivity contribution in [1.82, 2.24) is 9.59 Å². The maximum absolute atomic E-state index is 11.9. The molecule has 5 nitrogen and oxygen atoms in total. The van der Waals surface area contributed by atoms with E-state index in [1.54, 1.807) is 30.3 Å². The molecule has 0 aliphatic carbocycles. The molecule has 0 aliphatic heterocycles. The van der Waals surface area contributed by atoms with Crippen LogP contribution in [0.25, 0.3) is 10.2 Å². The number of rotatable bonds is 2. The Kier molecular flexibility index (Phi) is 3.92. The highest BCUT2D eigenvalue weighted by atomic mass is 35.5. The number of amides is 2. The van der Waals surface area contributed by atoms with E-state index in [1.165, 1.54) is 11.5 Å². The molecule has 0 atom stereocenters. The van der Waals surface area contributed by atoms with Gasteiger partial charge in [0.2, 0.25) is 0 Å². The van der Waals surface area contributed by atoms with Crippen LogP contribution in [0.4, 0.5) is 16.2 Å². The fraction of sp³-hybridized carbons (Fsp3) is 0. The third-order valence-corrected chi connectivity index (χ3v) is 3.94. The summed E-state index contributed by atoms with van der Waals surface area (Å²) in [6.07, 6.45) is 0. The van der Waals surface area contributed by atoms with Gasteiger partial charge >= 0.3 is 6.03 Å². The van der Waals surface area contributed by atoms with Crippen molar-refractivity contribution in [2.24, 2.45) is 0 Å². The van der Waals surface area contributed by atoms with Crippen molar-refractivity contribution < 1.29 is 4.79 Å². The molecule has 0 spiro atoms. The lowest BCUT2D eigenvalue weighted by Gasteiger charge is -2.09. The molecule has 2 amide bonds. The van der Waals surface area contributed by atoms with E-state index in [0.717, 1.165) is 10.2 Å². The molecular weight excluding hydrogens is 331 g/mol. The van der Waals surface area contributed by atoms with Crippen LogP contribution < -0.4 is 10.6 Å². The van der Waals surface area contributed by atoms with Gasteiger partial charge in [0.05, 0.1) is 15.4 Å². The number of aromatic nitrogens is 2. The normalized spacial score (nSPS) is 10.6. The third kappa shape index (κ3) is 3.24. The van der Waals surface area contributed by atoms with Gasteiger partial charge in [0.15, 0.2) is 0 Å². The van der Waals surface area contributed by atoms with Gasteiger partial charge in [-0.3, -0.25) is 0 Å². The Morgan fingerprint density at radius 1 is 1.10 bits per heavy atom. The third-order valence-electron chi connectivity index (χ3n) is 2.68. The van der Waals surface area contributed by atoms with E-state index in [2.05, 4.69) is 20.2 Å². The first kappa shape index (κ1) is 14.1. The molecule has 0 saturated carbocycles. The van der Waals surface area contributed by atoms with Gasteiger partial charge in [-0.25, -0.2) is 4.79 Å². The first-order chi connectivity index (χ1) is 10.1. The van der Waals surface area contributed by atoms with Crippen LogP contribution in [-0.2, 0) is 0 Å². The summed E-state index contributed by atoms with van der Waals surface area (Å²) in [5.41, 5.74) is 1.84. The fourth-order valence-electron chi connectivity index (χ4n) is 1.73. The minimum Gasteiger partial charge on any atom is -0.308 e. The van der Waals surface area contributed by atoms with Gasteiger partial charge in [-0.1, -0.05) is 27.7 Å². The maximum Gasteiger partial charge on any atom is 0.323 e. The van der Waals surface area contributed by atoms with Crippen molar-refractivity contribution in [1.29, 1.82) is 0 Å². The van der Waals surface area contributed by atoms with Crippen LogP contribution in [0.5, 0.6) is 0 Å². The van der Waals surface area contributed by atoms with Gasteiger partial charge in [-0.2, -0.15) is 0 Å². The number of carbonyl (C=O) groups is 1. The first-order valence-electron chi connectivity index (χ1n) is 5.87. The van der Waals surface area contributed by atoms with Gasteiger partial charge in [0.1, 0.15) is 5.52 Å². The number of anilines is 2. The molecule has 2 N–H and O–H groups in total. The Labute approximate surface area is 134 Å². The smallest absolute Gasteiger partial charge is 0.308 e. The molecule has 0 saturated heterocycles. The van der Waals surface area contributed by atoms with E-state index in [0.29, 0.717) is 21.4 Å². The van der Waals surface area contributed by atoms with Crippen LogP contribution in [-0.4, -0.2) is 15.6 Å². The number of carbonyl (C=O) groups excluding carboxylic acids is 1. The molecule has 8 heteroatoms. The number of hydrogen-bond acceptors (Lipinski definition) is 4. The fourth-order valence-corrected chi connectivity index (χ4v) is 2.73. The summed E-state index contributed by atoms with van der Waals surface area (Å²) in [5.74, 6) is 0. The lowest BCUT2D eigenvalue weighted by atomic mass is 10.3. The Balaban J connectivity index is 1.73. The molecule has 3 rings (SSSR count). The zero-order chi connectivity index (χ0) is 14.8. The average Bonchev–Trinajstić information content (AvgIpc) is 2.89. The first-order valence-corrected chi connectivity index (χ1v) is 7.40. The second-order valence-electron chi connectivity index (χ2n) is 4.16. The molecule has 106 valence electrons. The van der Waals surface area contributed by atoms with E-state index in [1.807, 2.05) is 6.07 Å². The summed E-state index contributed by atoms with van der Waals surface area (Å²) in [5, 5.41) is 10.2. The highest BCUT2D eigenvalue weighted by Crippen LogP contribution is 2.25. The highest BCUT2D eigenvalue weighted by molar-refractivity contribution is 7.12. The zero-order valence-electron chi connectivity index (χ0n) is 10.4. The van der Waals surface area contributed by atoms with E-state index in [9.17, 15) is 4.79 Å². The summed E-state index contributed by atoms with van der Waals surface area (Å²) in [4.78, 5) is 11.9. The monoisotopic (exact) mass is 338 g/mol. The lowest BCUT2D eigenvalue weighted by Crippen LogP contribution is -2.19. The SMILES string of the molecule is O=C(Nc1ccc2snnc2c1)Nc1ccc(Cl)cc1Cl. The topological polar surface area (TPSA) is 66.9 Å². The Bertz CT molecular complexity index is 821. The molecule has 2 aromatic carbocycles. The van der Waals surface area contributed by atoms with Crippen LogP contribution >= 0.6 is 34.7 Å². The van der Waals surface area contributed by atoms with Crippen molar-refractivity contribution in [3.63, 3.8) is 0 Å². The molecule has 1 heterocycles. The van der Waals surface area contributed by atoms with Gasteiger partial charge in [-0.05, 0) is 47.9 Å². The number of hydrogen-bond donors (Lipinski definition) is 2. The standard InChI is InChI=1S/C13H8Cl2N4OS/c14-7-1-3-10(9(15)5-7)17-13(20)16-8-2-4-12-11(6-8)18-19-21-12/h1-6H,(H2,16,17,20). The predicted molar refractivity (Wildman–Crippen MR) is 86.5 cm³/mol. The number of urea groups is 1. The Morgan fingerprint density at radius 3 is 2.76 bits per heavy atom. The molecular formula is C13H8Cl2N4OS. The van der Waals surface area contributed by atoms with Crippen molar-refractivity contribution in [2.45, 2.75) is 0 Å². The van der Waals surface area contributed by atoms with Crippen LogP contribution in [0.15, 0.2) is 36.4 Å². The van der Waals surface area contributed by atoms with E-state index in [-0.39, 0.29) is 0 Å². The van der Waals surface area contributed by atoms with Gasteiger partial charge in [0.25, 0.3) is 0 Å². The summed E-state index contributed by atoms with van der Waals surface area (Å²) in [6.45, 7) is 0. The van der Waals surface area contributed by atoms with E-state index < -0.39 is 6.03 Å². The van der Waals surface area contributed by atoms with Crippen molar-refractivity contribution in [3.8, 4) is 0 Å².